The average molecular weight is 375 g/mol. The molecule has 2 aliphatic rings. The number of nitrogens with zero attached hydrogens (tertiary/aromatic N) is 4. The first-order valence-corrected chi connectivity index (χ1v) is 10.1. The van der Waals surface area contributed by atoms with Crippen LogP contribution in [0.15, 0.2) is 12.3 Å². The number of hydrogen-bond acceptors (Lipinski definition) is 8. The molecule has 0 saturated carbocycles. The summed E-state index contributed by atoms with van der Waals surface area (Å²) in [6.45, 7) is 8.60. The highest BCUT2D eigenvalue weighted by atomic mass is 32.1. The lowest BCUT2D eigenvalue weighted by Crippen LogP contribution is -2.36. The van der Waals surface area contributed by atoms with Gasteiger partial charge in [0.05, 0.1) is 18.9 Å². The molecule has 0 aromatic carbocycles. The van der Waals surface area contributed by atoms with Crippen LogP contribution in [0, 0.1) is 12.8 Å². The molecule has 2 aliphatic heterocycles. The summed E-state index contributed by atoms with van der Waals surface area (Å²) >= 11 is 1.62. The van der Waals surface area contributed by atoms with Crippen molar-refractivity contribution in [2.75, 3.05) is 44.7 Å². The maximum Gasteiger partial charge on any atom is 0.229 e. The maximum atomic E-state index is 5.45. The fourth-order valence-electron chi connectivity index (χ4n) is 3.48. The van der Waals surface area contributed by atoms with Gasteiger partial charge in [-0.3, -0.25) is 4.90 Å². The van der Waals surface area contributed by atoms with Gasteiger partial charge in [-0.2, -0.15) is 0 Å². The zero-order chi connectivity index (χ0) is 17.8. The van der Waals surface area contributed by atoms with Crippen LogP contribution in [0.4, 0.5) is 11.1 Å². The molecule has 7 nitrogen and oxygen atoms in total. The summed E-state index contributed by atoms with van der Waals surface area (Å²) in [7, 11) is 0. The third-order valence-electron chi connectivity index (χ3n) is 4.82. The zero-order valence-corrected chi connectivity index (χ0v) is 16.0. The highest BCUT2D eigenvalue weighted by Gasteiger charge is 2.18. The lowest BCUT2D eigenvalue weighted by atomic mass is 10.0. The normalized spacial score (nSPS) is 21.2. The van der Waals surface area contributed by atoms with Crippen LogP contribution in [0.3, 0.4) is 0 Å². The minimum atomic E-state index is 0.658. The van der Waals surface area contributed by atoms with Crippen LogP contribution >= 0.6 is 11.3 Å². The lowest BCUT2D eigenvalue weighted by Gasteiger charge is -2.26. The Hall–Kier alpha value is -1.61. The van der Waals surface area contributed by atoms with Crippen molar-refractivity contribution in [1.82, 2.24) is 25.2 Å². The first-order valence-electron chi connectivity index (χ1n) is 9.32. The van der Waals surface area contributed by atoms with Gasteiger partial charge in [0.1, 0.15) is 0 Å². The van der Waals surface area contributed by atoms with E-state index in [0.717, 1.165) is 68.9 Å². The summed E-state index contributed by atoms with van der Waals surface area (Å²) in [4.78, 5) is 17.5. The molecule has 0 spiro atoms. The van der Waals surface area contributed by atoms with Gasteiger partial charge in [-0.1, -0.05) is 0 Å². The van der Waals surface area contributed by atoms with E-state index >= 15 is 0 Å². The Morgan fingerprint density at radius 3 is 2.88 bits per heavy atom. The van der Waals surface area contributed by atoms with Gasteiger partial charge in [0.15, 0.2) is 5.13 Å². The number of morpholine rings is 1. The van der Waals surface area contributed by atoms with E-state index in [1.807, 2.05) is 6.20 Å². The van der Waals surface area contributed by atoms with Crippen molar-refractivity contribution in [3.63, 3.8) is 0 Å². The number of ether oxygens (including phenoxy) is 1. The van der Waals surface area contributed by atoms with Crippen molar-refractivity contribution in [1.29, 1.82) is 0 Å². The van der Waals surface area contributed by atoms with Gasteiger partial charge in [0.2, 0.25) is 5.95 Å². The summed E-state index contributed by atoms with van der Waals surface area (Å²) < 4.78 is 5.45. The van der Waals surface area contributed by atoms with Gasteiger partial charge in [0.25, 0.3) is 0 Å². The standard InChI is InChI=1S/C18H26N6OS/c1-13-10-20-18(26-13)23-17-21-15(8-14-2-3-19-11-14)9-16(22-17)12-24-4-6-25-7-5-24/h9-10,14,19H,2-8,11-12H2,1H3,(H,20,21,22,23). The first kappa shape index (κ1) is 17.8. The monoisotopic (exact) mass is 374 g/mol. The number of aryl methyl sites for hydroxylation is 1. The van der Waals surface area contributed by atoms with E-state index in [0.29, 0.717) is 11.9 Å². The fraction of sp³-hybridized carbons (Fsp3) is 0.611. The molecule has 26 heavy (non-hydrogen) atoms. The first-order chi connectivity index (χ1) is 12.7. The minimum Gasteiger partial charge on any atom is -0.379 e. The summed E-state index contributed by atoms with van der Waals surface area (Å²) in [5, 5.41) is 7.58. The number of anilines is 2. The Kier molecular flexibility index (Phi) is 5.74. The average Bonchev–Trinajstić information content (AvgIpc) is 3.27. The third-order valence-corrected chi connectivity index (χ3v) is 5.65. The van der Waals surface area contributed by atoms with Crippen LogP contribution in [0.25, 0.3) is 0 Å². The van der Waals surface area contributed by atoms with Crippen LogP contribution in [0.1, 0.15) is 22.7 Å². The van der Waals surface area contributed by atoms with E-state index < -0.39 is 0 Å². The predicted octanol–water partition coefficient (Wildman–Crippen LogP) is 1.97. The fourth-order valence-corrected chi connectivity index (χ4v) is 4.13. The zero-order valence-electron chi connectivity index (χ0n) is 15.2. The molecular formula is C18H26N6OS. The smallest absolute Gasteiger partial charge is 0.229 e. The molecule has 140 valence electrons. The Bertz CT molecular complexity index is 724. The van der Waals surface area contributed by atoms with Crippen molar-refractivity contribution < 1.29 is 4.74 Å². The molecule has 0 aliphatic carbocycles. The van der Waals surface area contributed by atoms with Crippen LogP contribution in [-0.2, 0) is 17.7 Å². The van der Waals surface area contributed by atoms with Gasteiger partial charge in [0, 0.05) is 36.4 Å². The van der Waals surface area contributed by atoms with Crippen molar-refractivity contribution in [3.8, 4) is 0 Å². The Morgan fingerprint density at radius 1 is 1.31 bits per heavy atom. The molecule has 2 N–H and O–H groups in total. The third kappa shape index (κ3) is 4.76. The highest BCUT2D eigenvalue weighted by molar-refractivity contribution is 7.15. The molecule has 1 unspecified atom stereocenters. The summed E-state index contributed by atoms with van der Waals surface area (Å²) in [6, 6.07) is 2.17. The summed E-state index contributed by atoms with van der Waals surface area (Å²) in [5.41, 5.74) is 2.19. The topological polar surface area (TPSA) is 75.2 Å². The molecule has 4 heterocycles. The number of thiazole rings is 1. The van der Waals surface area contributed by atoms with E-state index in [4.69, 9.17) is 14.7 Å². The molecular weight excluding hydrogens is 348 g/mol. The summed E-state index contributed by atoms with van der Waals surface area (Å²) in [5.74, 6) is 1.32. The van der Waals surface area contributed by atoms with Crippen molar-refractivity contribution >= 4 is 22.4 Å². The van der Waals surface area contributed by atoms with E-state index in [-0.39, 0.29) is 0 Å². The van der Waals surface area contributed by atoms with Crippen LogP contribution in [-0.4, -0.2) is 59.2 Å². The van der Waals surface area contributed by atoms with Gasteiger partial charge in [-0.05, 0) is 44.8 Å². The number of rotatable bonds is 6. The van der Waals surface area contributed by atoms with E-state index in [9.17, 15) is 0 Å². The van der Waals surface area contributed by atoms with Crippen molar-refractivity contribution in [2.45, 2.75) is 26.3 Å². The van der Waals surface area contributed by atoms with Crippen LogP contribution < -0.4 is 10.6 Å². The molecule has 2 aromatic rings. The maximum absolute atomic E-state index is 5.45. The van der Waals surface area contributed by atoms with Crippen molar-refractivity contribution in [2.24, 2.45) is 5.92 Å². The highest BCUT2D eigenvalue weighted by Crippen LogP contribution is 2.22. The SMILES string of the molecule is Cc1cnc(Nc2nc(CC3CCNC3)cc(CN3CCOCC3)n2)s1. The molecule has 2 aromatic heterocycles. The van der Waals surface area contributed by atoms with Crippen LogP contribution in [0.2, 0.25) is 0 Å². The number of hydrogen-bond donors (Lipinski definition) is 2. The lowest BCUT2D eigenvalue weighted by molar-refractivity contribution is 0.0336. The van der Waals surface area contributed by atoms with E-state index in [1.165, 1.54) is 11.3 Å². The van der Waals surface area contributed by atoms with E-state index in [2.05, 4.69) is 33.5 Å². The molecule has 0 bridgehead atoms. The molecule has 0 radical (unpaired) electrons. The van der Waals surface area contributed by atoms with E-state index in [1.54, 1.807) is 11.3 Å². The Balaban J connectivity index is 1.53. The van der Waals surface area contributed by atoms with Crippen molar-refractivity contribution in [3.05, 3.63) is 28.5 Å². The minimum absolute atomic E-state index is 0.658. The largest absolute Gasteiger partial charge is 0.379 e. The number of nitrogens with one attached hydrogen (secondary N) is 2. The molecule has 1 atom stereocenters. The predicted molar refractivity (Wildman–Crippen MR) is 103 cm³/mol. The molecule has 4 rings (SSSR count). The second kappa shape index (κ2) is 8.39. The second-order valence-electron chi connectivity index (χ2n) is 7.03. The molecule has 8 heteroatoms. The molecule has 2 fully saturated rings. The van der Waals surface area contributed by atoms with Gasteiger partial charge in [-0.25, -0.2) is 15.0 Å². The number of aromatic nitrogens is 3. The quantitative estimate of drug-likeness (QED) is 0.801. The Labute approximate surface area is 158 Å². The van der Waals surface area contributed by atoms with Gasteiger partial charge >= 0.3 is 0 Å². The van der Waals surface area contributed by atoms with Gasteiger partial charge < -0.3 is 15.4 Å². The summed E-state index contributed by atoms with van der Waals surface area (Å²) in [6.07, 6.45) is 4.09. The van der Waals surface area contributed by atoms with Gasteiger partial charge in [-0.15, -0.1) is 11.3 Å². The van der Waals surface area contributed by atoms with Crippen LogP contribution in [0.5, 0.6) is 0 Å². The molecule has 2 saturated heterocycles. The Morgan fingerprint density at radius 2 is 2.15 bits per heavy atom. The second-order valence-corrected chi connectivity index (χ2v) is 8.26. The molecule has 0 amide bonds.